The SMILES string of the molecule is CCCCCN(C)c1cc(Cl)nc(C2CC2)n1. The Labute approximate surface area is 108 Å². The van der Waals surface area contributed by atoms with E-state index in [0.29, 0.717) is 11.1 Å². The second-order valence-electron chi connectivity index (χ2n) is 4.81. The van der Waals surface area contributed by atoms with Crippen LogP contribution in [0.1, 0.15) is 50.8 Å². The monoisotopic (exact) mass is 253 g/mol. The number of unbranched alkanes of at least 4 members (excludes halogenated alkanes) is 2. The van der Waals surface area contributed by atoms with Crippen LogP contribution in [0.5, 0.6) is 0 Å². The first-order valence-electron chi connectivity index (χ1n) is 6.46. The van der Waals surface area contributed by atoms with Gasteiger partial charge in [0, 0.05) is 25.6 Å². The molecule has 0 aliphatic heterocycles. The molecule has 0 radical (unpaired) electrons. The number of halogens is 1. The first-order valence-corrected chi connectivity index (χ1v) is 6.84. The van der Waals surface area contributed by atoms with Crippen LogP contribution >= 0.6 is 11.6 Å². The molecule has 0 spiro atoms. The van der Waals surface area contributed by atoms with Crippen molar-refractivity contribution in [3.05, 3.63) is 17.0 Å². The van der Waals surface area contributed by atoms with Crippen molar-refractivity contribution in [2.45, 2.75) is 44.9 Å². The quantitative estimate of drug-likeness (QED) is 0.573. The standard InChI is InChI=1S/C13H20ClN3/c1-3-4-5-8-17(2)12-9-11(14)15-13(16-12)10-6-7-10/h9-10H,3-8H2,1-2H3. The Morgan fingerprint density at radius 1 is 1.35 bits per heavy atom. The Morgan fingerprint density at radius 2 is 2.12 bits per heavy atom. The predicted octanol–water partition coefficient (Wildman–Crippen LogP) is 3.63. The van der Waals surface area contributed by atoms with E-state index in [4.69, 9.17) is 11.6 Å². The molecule has 0 N–H and O–H groups in total. The summed E-state index contributed by atoms with van der Waals surface area (Å²) in [5, 5.41) is 0.569. The molecule has 1 aromatic heterocycles. The maximum absolute atomic E-state index is 6.05. The minimum absolute atomic E-state index is 0.552. The summed E-state index contributed by atoms with van der Waals surface area (Å²) in [4.78, 5) is 11.1. The van der Waals surface area contributed by atoms with E-state index in [0.717, 1.165) is 18.2 Å². The molecule has 0 saturated heterocycles. The normalized spacial score (nSPS) is 15.0. The number of rotatable bonds is 6. The zero-order chi connectivity index (χ0) is 12.3. The summed E-state index contributed by atoms with van der Waals surface area (Å²) >= 11 is 6.05. The first-order chi connectivity index (χ1) is 8.20. The van der Waals surface area contributed by atoms with Gasteiger partial charge in [0.25, 0.3) is 0 Å². The Kier molecular flexibility index (Phi) is 4.21. The van der Waals surface area contributed by atoms with Gasteiger partial charge in [-0.2, -0.15) is 0 Å². The summed E-state index contributed by atoms with van der Waals surface area (Å²) in [7, 11) is 2.07. The molecule has 0 bridgehead atoms. The maximum atomic E-state index is 6.05. The third-order valence-electron chi connectivity index (χ3n) is 3.13. The van der Waals surface area contributed by atoms with Crippen molar-refractivity contribution in [3.8, 4) is 0 Å². The second kappa shape index (κ2) is 5.67. The molecule has 2 rings (SSSR count). The molecule has 17 heavy (non-hydrogen) atoms. The zero-order valence-corrected chi connectivity index (χ0v) is 11.4. The molecule has 4 heteroatoms. The summed E-state index contributed by atoms with van der Waals surface area (Å²) in [6.07, 6.45) is 6.12. The molecule has 1 aromatic rings. The fraction of sp³-hybridized carbons (Fsp3) is 0.692. The lowest BCUT2D eigenvalue weighted by molar-refractivity contribution is 0.699. The van der Waals surface area contributed by atoms with E-state index in [9.17, 15) is 0 Å². The summed E-state index contributed by atoms with van der Waals surface area (Å²) in [5.41, 5.74) is 0. The van der Waals surface area contributed by atoms with Gasteiger partial charge in [0.2, 0.25) is 0 Å². The van der Waals surface area contributed by atoms with Crippen LogP contribution in [0.4, 0.5) is 5.82 Å². The van der Waals surface area contributed by atoms with Gasteiger partial charge in [-0.05, 0) is 19.3 Å². The van der Waals surface area contributed by atoms with Gasteiger partial charge < -0.3 is 4.90 Å². The molecule has 0 aromatic carbocycles. The highest BCUT2D eigenvalue weighted by atomic mass is 35.5. The van der Waals surface area contributed by atoms with Crippen molar-refractivity contribution >= 4 is 17.4 Å². The summed E-state index contributed by atoms with van der Waals surface area (Å²) in [6, 6.07) is 1.86. The average Bonchev–Trinajstić information content (AvgIpc) is 3.12. The third-order valence-corrected chi connectivity index (χ3v) is 3.32. The molecule has 3 nitrogen and oxygen atoms in total. The molecule has 1 aliphatic rings. The van der Waals surface area contributed by atoms with Crippen molar-refractivity contribution in [2.75, 3.05) is 18.5 Å². The molecule has 0 amide bonds. The molecule has 0 unspecified atom stereocenters. The fourth-order valence-electron chi connectivity index (χ4n) is 1.86. The van der Waals surface area contributed by atoms with Crippen LogP contribution in [0.15, 0.2) is 6.07 Å². The number of aromatic nitrogens is 2. The third kappa shape index (κ3) is 3.56. The first kappa shape index (κ1) is 12.6. The van der Waals surface area contributed by atoms with Crippen LogP contribution in [-0.4, -0.2) is 23.6 Å². The van der Waals surface area contributed by atoms with Gasteiger partial charge >= 0.3 is 0 Å². The van der Waals surface area contributed by atoms with Gasteiger partial charge in [-0.25, -0.2) is 9.97 Å². The second-order valence-corrected chi connectivity index (χ2v) is 5.20. The summed E-state index contributed by atoms with van der Waals surface area (Å²) in [5.74, 6) is 2.44. The van der Waals surface area contributed by atoms with Gasteiger partial charge in [0.1, 0.15) is 16.8 Å². The Balaban J connectivity index is 2.03. The topological polar surface area (TPSA) is 29.0 Å². The van der Waals surface area contributed by atoms with E-state index >= 15 is 0 Å². The number of nitrogens with zero attached hydrogens (tertiary/aromatic N) is 3. The zero-order valence-electron chi connectivity index (χ0n) is 10.6. The van der Waals surface area contributed by atoms with Crippen molar-refractivity contribution in [2.24, 2.45) is 0 Å². The van der Waals surface area contributed by atoms with Crippen molar-refractivity contribution in [3.63, 3.8) is 0 Å². The molecule has 1 saturated carbocycles. The average molecular weight is 254 g/mol. The highest BCUT2D eigenvalue weighted by Crippen LogP contribution is 2.39. The van der Waals surface area contributed by atoms with E-state index in [1.54, 1.807) is 0 Å². The molecule has 1 fully saturated rings. The summed E-state index contributed by atoms with van der Waals surface area (Å²) < 4.78 is 0. The molecule has 1 heterocycles. The van der Waals surface area contributed by atoms with Gasteiger partial charge in [0.05, 0.1) is 0 Å². The van der Waals surface area contributed by atoms with Crippen molar-refractivity contribution in [1.29, 1.82) is 0 Å². The largest absolute Gasteiger partial charge is 0.360 e. The molecular formula is C13H20ClN3. The summed E-state index contributed by atoms with van der Waals surface area (Å²) in [6.45, 7) is 3.25. The van der Waals surface area contributed by atoms with Crippen LogP contribution < -0.4 is 4.90 Å². The smallest absolute Gasteiger partial charge is 0.135 e. The van der Waals surface area contributed by atoms with Crippen LogP contribution in [0.3, 0.4) is 0 Å². The molecule has 94 valence electrons. The van der Waals surface area contributed by atoms with Crippen LogP contribution in [0.2, 0.25) is 5.15 Å². The van der Waals surface area contributed by atoms with Crippen molar-refractivity contribution < 1.29 is 0 Å². The minimum atomic E-state index is 0.552. The lowest BCUT2D eigenvalue weighted by Crippen LogP contribution is -2.20. The van der Waals surface area contributed by atoms with Crippen LogP contribution in [0.25, 0.3) is 0 Å². The molecule has 0 atom stereocenters. The van der Waals surface area contributed by atoms with E-state index in [1.807, 2.05) is 6.07 Å². The minimum Gasteiger partial charge on any atom is -0.360 e. The van der Waals surface area contributed by atoms with Gasteiger partial charge in [-0.1, -0.05) is 31.4 Å². The Morgan fingerprint density at radius 3 is 2.76 bits per heavy atom. The van der Waals surface area contributed by atoms with Crippen LogP contribution in [-0.2, 0) is 0 Å². The maximum Gasteiger partial charge on any atom is 0.135 e. The Hall–Kier alpha value is -0.830. The van der Waals surface area contributed by atoms with Gasteiger partial charge in [-0.15, -0.1) is 0 Å². The van der Waals surface area contributed by atoms with E-state index in [-0.39, 0.29) is 0 Å². The van der Waals surface area contributed by atoms with E-state index in [1.165, 1.54) is 32.1 Å². The van der Waals surface area contributed by atoms with E-state index in [2.05, 4.69) is 28.8 Å². The highest BCUT2D eigenvalue weighted by Gasteiger charge is 2.27. The van der Waals surface area contributed by atoms with E-state index < -0.39 is 0 Å². The van der Waals surface area contributed by atoms with Gasteiger partial charge in [-0.3, -0.25) is 0 Å². The lowest BCUT2D eigenvalue weighted by Gasteiger charge is -2.18. The van der Waals surface area contributed by atoms with Crippen molar-refractivity contribution in [1.82, 2.24) is 9.97 Å². The number of anilines is 1. The lowest BCUT2D eigenvalue weighted by atomic mass is 10.2. The number of hydrogen-bond acceptors (Lipinski definition) is 3. The highest BCUT2D eigenvalue weighted by molar-refractivity contribution is 6.29. The van der Waals surface area contributed by atoms with Gasteiger partial charge in [0.15, 0.2) is 0 Å². The van der Waals surface area contributed by atoms with Crippen LogP contribution in [0, 0.1) is 0 Å². The number of hydrogen-bond donors (Lipinski definition) is 0. The Bertz CT molecular complexity index is 377. The fourth-order valence-corrected chi connectivity index (χ4v) is 2.04. The predicted molar refractivity (Wildman–Crippen MR) is 71.8 cm³/mol. The molecular weight excluding hydrogens is 234 g/mol. The molecule has 1 aliphatic carbocycles.